The third kappa shape index (κ3) is 5.00. The van der Waals surface area contributed by atoms with Crippen molar-refractivity contribution in [3.8, 4) is 11.1 Å². The van der Waals surface area contributed by atoms with Gasteiger partial charge in [-0.1, -0.05) is 42.5 Å². The number of nitrogens with zero attached hydrogens (tertiary/aromatic N) is 2. The van der Waals surface area contributed by atoms with Crippen LogP contribution in [0.5, 0.6) is 0 Å². The fourth-order valence-corrected chi connectivity index (χ4v) is 5.87. The minimum atomic E-state index is -0.401. The van der Waals surface area contributed by atoms with Gasteiger partial charge in [0.1, 0.15) is 5.69 Å². The number of H-pyrrole nitrogens is 1. The van der Waals surface area contributed by atoms with Crippen molar-refractivity contribution in [2.24, 2.45) is 5.92 Å². The van der Waals surface area contributed by atoms with E-state index in [9.17, 15) is 14.4 Å². The number of hydrogen-bond acceptors (Lipinski definition) is 3. The van der Waals surface area contributed by atoms with Gasteiger partial charge in [-0.25, -0.2) is 0 Å². The monoisotopic (exact) mass is 582 g/mol. The molecule has 0 spiro atoms. The molecule has 196 valence electrons. The molecule has 3 aromatic carbocycles. The van der Waals surface area contributed by atoms with Crippen LogP contribution in [0.2, 0.25) is 0 Å². The summed E-state index contributed by atoms with van der Waals surface area (Å²) in [5, 5.41) is 2.88. The lowest BCUT2D eigenvalue weighted by molar-refractivity contribution is -0.135. The second-order valence-corrected chi connectivity index (χ2v) is 11.1. The van der Waals surface area contributed by atoms with Crippen molar-refractivity contribution in [3.63, 3.8) is 0 Å². The Balaban J connectivity index is 1.10. The molecule has 2 heterocycles. The maximum absolute atomic E-state index is 13.3. The standard InChI is InChI=1S/C31H27BrN4O3/c1-35(17-19-5-4-7-24(11-19)34-30(38)28-15-23(32)16-33-28)31(39)22-14-29(37)36(18-22)25-9-10-27-21(13-25)12-20-6-2-3-8-26(20)27/h2-11,13,15-16,22,33H,12,14,17-18H2,1H3,(H,34,38). The smallest absolute Gasteiger partial charge is 0.272 e. The Morgan fingerprint density at radius 3 is 2.67 bits per heavy atom. The van der Waals surface area contributed by atoms with Crippen LogP contribution in [-0.4, -0.2) is 41.2 Å². The van der Waals surface area contributed by atoms with E-state index in [1.807, 2.05) is 36.4 Å². The van der Waals surface area contributed by atoms with Gasteiger partial charge in [-0.05, 0) is 80.5 Å². The van der Waals surface area contributed by atoms with Crippen molar-refractivity contribution >= 4 is 45.0 Å². The number of aromatic amines is 1. The molecule has 2 aliphatic rings. The highest BCUT2D eigenvalue weighted by molar-refractivity contribution is 9.10. The van der Waals surface area contributed by atoms with E-state index < -0.39 is 5.92 Å². The Kier molecular flexibility index (Phi) is 6.56. The second-order valence-electron chi connectivity index (χ2n) is 10.2. The third-order valence-corrected chi connectivity index (χ3v) is 7.89. The van der Waals surface area contributed by atoms with Gasteiger partial charge in [-0.15, -0.1) is 0 Å². The van der Waals surface area contributed by atoms with Crippen LogP contribution in [-0.2, 0) is 22.6 Å². The molecule has 0 saturated carbocycles. The summed E-state index contributed by atoms with van der Waals surface area (Å²) in [6.07, 6.45) is 2.75. The molecule has 6 rings (SSSR count). The number of benzene rings is 3. The van der Waals surface area contributed by atoms with E-state index in [1.54, 1.807) is 29.1 Å². The van der Waals surface area contributed by atoms with Gasteiger partial charge in [0.15, 0.2) is 0 Å². The maximum Gasteiger partial charge on any atom is 0.272 e. The molecule has 7 nitrogen and oxygen atoms in total. The Hall–Kier alpha value is -4.17. The van der Waals surface area contributed by atoms with Gasteiger partial charge in [0.2, 0.25) is 11.8 Å². The highest BCUT2D eigenvalue weighted by Crippen LogP contribution is 2.39. The highest BCUT2D eigenvalue weighted by Gasteiger charge is 2.37. The van der Waals surface area contributed by atoms with Crippen LogP contribution in [0, 0.1) is 5.92 Å². The first-order valence-corrected chi connectivity index (χ1v) is 13.7. The molecular weight excluding hydrogens is 556 g/mol. The molecule has 1 aromatic heterocycles. The predicted molar refractivity (Wildman–Crippen MR) is 155 cm³/mol. The zero-order valence-corrected chi connectivity index (χ0v) is 23.0. The third-order valence-electron chi connectivity index (χ3n) is 7.44. The molecule has 0 bridgehead atoms. The van der Waals surface area contributed by atoms with Crippen LogP contribution in [0.15, 0.2) is 83.5 Å². The molecule has 2 N–H and O–H groups in total. The van der Waals surface area contributed by atoms with E-state index in [1.165, 1.54) is 22.3 Å². The summed E-state index contributed by atoms with van der Waals surface area (Å²) in [5.41, 5.74) is 7.80. The summed E-state index contributed by atoms with van der Waals surface area (Å²) in [7, 11) is 1.75. The number of halogens is 1. The molecule has 1 atom stereocenters. The summed E-state index contributed by atoms with van der Waals surface area (Å²) < 4.78 is 0.798. The van der Waals surface area contributed by atoms with Gasteiger partial charge in [0, 0.05) is 48.6 Å². The summed E-state index contributed by atoms with van der Waals surface area (Å²) in [6, 6.07) is 23.7. The van der Waals surface area contributed by atoms with Crippen LogP contribution < -0.4 is 10.2 Å². The molecule has 1 unspecified atom stereocenters. The quantitative estimate of drug-likeness (QED) is 0.273. The molecule has 1 saturated heterocycles. The molecule has 3 amide bonds. The lowest BCUT2D eigenvalue weighted by Crippen LogP contribution is -2.34. The van der Waals surface area contributed by atoms with E-state index in [0.29, 0.717) is 24.5 Å². The topological polar surface area (TPSA) is 85.5 Å². The van der Waals surface area contributed by atoms with Crippen LogP contribution in [0.4, 0.5) is 11.4 Å². The van der Waals surface area contributed by atoms with Crippen LogP contribution >= 0.6 is 15.9 Å². The molecule has 0 radical (unpaired) electrons. The molecule has 1 aliphatic heterocycles. The van der Waals surface area contributed by atoms with Crippen molar-refractivity contribution in [2.75, 3.05) is 23.8 Å². The predicted octanol–water partition coefficient (Wildman–Crippen LogP) is 5.61. The van der Waals surface area contributed by atoms with Gasteiger partial charge < -0.3 is 20.1 Å². The normalized spacial score (nSPS) is 15.7. The van der Waals surface area contributed by atoms with Crippen molar-refractivity contribution in [1.82, 2.24) is 9.88 Å². The summed E-state index contributed by atoms with van der Waals surface area (Å²) in [6.45, 7) is 0.744. The number of hydrogen-bond donors (Lipinski definition) is 2. The number of rotatable bonds is 6. The van der Waals surface area contributed by atoms with Gasteiger partial charge in [-0.3, -0.25) is 14.4 Å². The van der Waals surface area contributed by atoms with Gasteiger partial charge >= 0.3 is 0 Å². The Morgan fingerprint density at radius 2 is 1.85 bits per heavy atom. The highest BCUT2D eigenvalue weighted by atomic mass is 79.9. The molecular formula is C31H27BrN4O3. The van der Waals surface area contributed by atoms with Gasteiger partial charge in [-0.2, -0.15) is 0 Å². The first kappa shape index (κ1) is 25.1. The molecule has 8 heteroatoms. The number of carbonyl (C=O) groups is 3. The number of fused-ring (bicyclic) bond motifs is 3. The number of aromatic nitrogens is 1. The van der Waals surface area contributed by atoms with E-state index in [-0.39, 0.29) is 24.1 Å². The SMILES string of the molecule is CN(Cc1cccc(NC(=O)c2cc(Br)c[nH]2)c1)C(=O)C1CC(=O)N(c2ccc3c(c2)Cc2ccccc2-3)C1. The van der Waals surface area contributed by atoms with E-state index >= 15 is 0 Å². The van der Waals surface area contributed by atoms with Gasteiger partial charge in [0.05, 0.1) is 5.92 Å². The van der Waals surface area contributed by atoms with Gasteiger partial charge in [0.25, 0.3) is 5.91 Å². The van der Waals surface area contributed by atoms with E-state index in [0.717, 1.165) is 22.1 Å². The molecule has 1 aliphatic carbocycles. The summed E-state index contributed by atoms with van der Waals surface area (Å²) >= 11 is 3.33. The fourth-order valence-electron chi connectivity index (χ4n) is 5.53. The zero-order valence-electron chi connectivity index (χ0n) is 21.4. The van der Waals surface area contributed by atoms with E-state index in [2.05, 4.69) is 56.6 Å². The van der Waals surface area contributed by atoms with Crippen LogP contribution in [0.3, 0.4) is 0 Å². The first-order chi connectivity index (χ1) is 18.9. The lowest BCUT2D eigenvalue weighted by Gasteiger charge is -2.22. The zero-order chi connectivity index (χ0) is 27.1. The molecule has 4 aromatic rings. The minimum Gasteiger partial charge on any atom is -0.356 e. The fraction of sp³-hybridized carbons (Fsp3) is 0.194. The van der Waals surface area contributed by atoms with Crippen molar-refractivity contribution in [2.45, 2.75) is 19.4 Å². The first-order valence-electron chi connectivity index (χ1n) is 12.9. The van der Waals surface area contributed by atoms with E-state index in [4.69, 9.17) is 0 Å². The number of anilines is 2. The Labute approximate surface area is 235 Å². The number of amides is 3. The summed E-state index contributed by atoms with van der Waals surface area (Å²) in [5.74, 6) is -0.743. The lowest BCUT2D eigenvalue weighted by atomic mass is 10.1. The van der Waals surface area contributed by atoms with Crippen LogP contribution in [0.25, 0.3) is 11.1 Å². The molecule has 39 heavy (non-hydrogen) atoms. The van der Waals surface area contributed by atoms with Crippen molar-refractivity contribution in [3.05, 3.63) is 106 Å². The largest absolute Gasteiger partial charge is 0.356 e. The maximum atomic E-state index is 13.3. The Morgan fingerprint density at radius 1 is 1.03 bits per heavy atom. The molecule has 1 fully saturated rings. The second kappa shape index (κ2) is 10.2. The van der Waals surface area contributed by atoms with Crippen molar-refractivity contribution < 1.29 is 14.4 Å². The summed E-state index contributed by atoms with van der Waals surface area (Å²) in [4.78, 5) is 45.1. The number of carbonyl (C=O) groups excluding carboxylic acids is 3. The van der Waals surface area contributed by atoms with Crippen LogP contribution in [0.1, 0.15) is 33.6 Å². The average Bonchev–Trinajstić information content (AvgIpc) is 3.64. The average molecular weight is 583 g/mol. The minimum absolute atomic E-state index is 0.0297. The number of nitrogens with one attached hydrogen (secondary N) is 2. The Bertz CT molecular complexity index is 1610. The van der Waals surface area contributed by atoms with Crippen molar-refractivity contribution in [1.29, 1.82) is 0 Å².